The van der Waals surface area contributed by atoms with Crippen molar-refractivity contribution in [2.45, 2.75) is 26.3 Å². The third kappa shape index (κ3) is 4.20. The number of hydrogen-bond acceptors (Lipinski definition) is 6. The normalized spacial score (nSPS) is 13.8. The molecule has 0 aliphatic carbocycles. The molecular formula is C22H24FN5OS. The van der Waals surface area contributed by atoms with E-state index in [2.05, 4.69) is 20.6 Å². The zero-order chi connectivity index (χ0) is 21.1. The van der Waals surface area contributed by atoms with E-state index in [4.69, 9.17) is 0 Å². The van der Waals surface area contributed by atoms with Gasteiger partial charge in [0.2, 0.25) is 5.91 Å². The SMILES string of the molecule is CNCC/C=C/C(=O)N1CCc2c(sc3ncnc(Nc4ccc(F)c(C)c4)c23)C1. The fraction of sp³-hybridized carbons (Fsp3) is 0.318. The van der Waals surface area contributed by atoms with Crippen LogP contribution >= 0.6 is 11.3 Å². The molecule has 6 nitrogen and oxygen atoms in total. The summed E-state index contributed by atoms with van der Waals surface area (Å²) in [4.78, 5) is 25.3. The molecule has 0 fully saturated rings. The molecule has 0 radical (unpaired) electrons. The fourth-order valence-electron chi connectivity index (χ4n) is 3.59. The number of halogens is 1. The molecule has 3 aromatic rings. The van der Waals surface area contributed by atoms with Crippen molar-refractivity contribution in [2.24, 2.45) is 0 Å². The highest BCUT2D eigenvalue weighted by molar-refractivity contribution is 7.19. The number of aryl methyl sites for hydroxylation is 1. The van der Waals surface area contributed by atoms with Crippen LogP contribution in [0.1, 0.15) is 22.4 Å². The van der Waals surface area contributed by atoms with Crippen LogP contribution in [0.4, 0.5) is 15.9 Å². The second-order valence-electron chi connectivity index (χ2n) is 7.30. The molecular weight excluding hydrogens is 401 g/mol. The maximum Gasteiger partial charge on any atom is 0.246 e. The predicted octanol–water partition coefficient (Wildman–Crippen LogP) is 3.93. The number of anilines is 2. The van der Waals surface area contributed by atoms with E-state index in [-0.39, 0.29) is 11.7 Å². The first-order valence-electron chi connectivity index (χ1n) is 9.95. The van der Waals surface area contributed by atoms with Gasteiger partial charge in [-0.2, -0.15) is 0 Å². The summed E-state index contributed by atoms with van der Waals surface area (Å²) in [7, 11) is 1.90. The van der Waals surface area contributed by atoms with Crippen molar-refractivity contribution >= 4 is 39.0 Å². The highest BCUT2D eigenvalue weighted by Crippen LogP contribution is 2.38. The summed E-state index contributed by atoms with van der Waals surface area (Å²) in [6, 6.07) is 4.92. The minimum atomic E-state index is -0.230. The van der Waals surface area contributed by atoms with Gasteiger partial charge in [0, 0.05) is 17.1 Å². The number of hydrogen-bond donors (Lipinski definition) is 2. The van der Waals surface area contributed by atoms with Crippen molar-refractivity contribution in [2.75, 3.05) is 25.5 Å². The first kappa shape index (κ1) is 20.4. The molecule has 2 N–H and O–H groups in total. The Bertz CT molecular complexity index is 1110. The molecule has 0 spiro atoms. The molecule has 1 aliphatic heterocycles. The molecule has 0 saturated carbocycles. The number of nitrogens with zero attached hydrogens (tertiary/aromatic N) is 3. The summed E-state index contributed by atoms with van der Waals surface area (Å²) in [5.74, 6) is 0.529. The predicted molar refractivity (Wildman–Crippen MR) is 119 cm³/mol. The number of aromatic nitrogens is 2. The van der Waals surface area contributed by atoms with Crippen molar-refractivity contribution in [1.29, 1.82) is 0 Å². The summed E-state index contributed by atoms with van der Waals surface area (Å²) in [5, 5.41) is 7.38. The molecule has 0 saturated heterocycles. The number of carbonyl (C=O) groups excluding carboxylic acids is 1. The Morgan fingerprint density at radius 3 is 3.03 bits per heavy atom. The molecule has 4 rings (SSSR count). The third-order valence-electron chi connectivity index (χ3n) is 5.19. The number of carbonyl (C=O) groups is 1. The van der Waals surface area contributed by atoms with E-state index in [1.54, 1.807) is 36.5 Å². The highest BCUT2D eigenvalue weighted by Gasteiger charge is 2.25. The van der Waals surface area contributed by atoms with Gasteiger partial charge in [0.1, 0.15) is 22.8 Å². The van der Waals surface area contributed by atoms with Gasteiger partial charge in [0.25, 0.3) is 0 Å². The lowest BCUT2D eigenvalue weighted by atomic mass is 10.0. The second-order valence-corrected chi connectivity index (χ2v) is 8.38. The Morgan fingerprint density at radius 2 is 2.23 bits per heavy atom. The zero-order valence-electron chi connectivity index (χ0n) is 17.0. The smallest absolute Gasteiger partial charge is 0.246 e. The van der Waals surface area contributed by atoms with Crippen molar-refractivity contribution in [3.8, 4) is 0 Å². The minimum absolute atomic E-state index is 0.0421. The average Bonchev–Trinajstić information content (AvgIpc) is 3.12. The van der Waals surface area contributed by atoms with Crippen molar-refractivity contribution in [3.05, 3.63) is 58.5 Å². The van der Waals surface area contributed by atoms with Crippen LogP contribution in [-0.2, 0) is 17.8 Å². The van der Waals surface area contributed by atoms with Gasteiger partial charge in [0.15, 0.2) is 0 Å². The highest BCUT2D eigenvalue weighted by atomic mass is 32.1. The van der Waals surface area contributed by atoms with Gasteiger partial charge >= 0.3 is 0 Å². The molecule has 30 heavy (non-hydrogen) atoms. The molecule has 0 unspecified atom stereocenters. The third-order valence-corrected chi connectivity index (χ3v) is 6.32. The lowest BCUT2D eigenvalue weighted by Gasteiger charge is -2.26. The number of fused-ring (bicyclic) bond motifs is 3. The molecule has 1 amide bonds. The lowest BCUT2D eigenvalue weighted by Crippen LogP contribution is -2.34. The summed E-state index contributed by atoms with van der Waals surface area (Å²) < 4.78 is 13.6. The second kappa shape index (κ2) is 8.89. The van der Waals surface area contributed by atoms with Gasteiger partial charge in [0.05, 0.1) is 11.9 Å². The Morgan fingerprint density at radius 1 is 1.37 bits per heavy atom. The summed E-state index contributed by atoms with van der Waals surface area (Å²) >= 11 is 1.60. The van der Waals surface area contributed by atoms with Crippen LogP contribution in [0, 0.1) is 12.7 Å². The molecule has 1 aromatic carbocycles. The van der Waals surface area contributed by atoms with Crippen molar-refractivity contribution in [1.82, 2.24) is 20.2 Å². The summed E-state index contributed by atoms with van der Waals surface area (Å²) in [6.45, 7) is 3.84. The van der Waals surface area contributed by atoms with Gasteiger partial charge in [-0.3, -0.25) is 4.79 Å². The van der Waals surface area contributed by atoms with Gasteiger partial charge in [-0.15, -0.1) is 11.3 Å². The molecule has 156 valence electrons. The van der Waals surface area contributed by atoms with Crippen LogP contribution in [-0.4, -0.2) is 40.9 Å². The number of thiophene rings is 1. The van der Waals surface area contributed by atoms with E-state index in [1.165, 1.54) is 18.0 Å². The first-order valence-corrected chi connectivity index (χ1v) is 10.8. The van der Waals surface area contributed by atoms with Gasteiger partial charge in [-0.1, -0.05) is 6.08 Å². The van der Waals surface area contributed by atoms with Gasteiger partial charge in [-0.05, 0) is 68.8 Å². The molecule has 2 aromatic heterocycles. The Labute approximate surface area is 178 Å². The van der Waals surface area contributed by atoms with Crippen molar-refractivity contribution in [3.63, 3.8) is 0 Å². The van der Waals surface area contributed by atoms with Crippen LogP contribution in [0.3, 0.4) is 0 Å². The lowest BCUT2D eigenvalue weighted by molar-refractivity contribution is -0.126. The van der Waals surface area contributed by atoms with Crippen LogP contribution in [0.25, 0.3) is 10.2 Å². The van der Waals surface area contributed by atoms with E-state index in [9.17, 15) is 9.18 Å². The summed E-state index contributed by atoms with van der Waals surface area (Å²) in [5.41, 5.74) is 2.56. The Kier molecular flexibility index (Phi) is 6.06. The maximum absolute atomic E-state index is 13.6. The number of nitrogens with one attached hydrogen (secondary N) is 2. The average molecular weight is 426 g/mol. The Hall–Kier alpha value is -2.84. The molecule has 0 atom stereocenters. The number of benzene rings is 1. The van der Waals surface area contributed by atoms with Crippen LogP contribution < -0.4 is 10.6 Å². The standard InChI is InChI=1S/C22H24FN5OS/c1-14-11-15(6-7-17(14)23)27-21-20-16-8-10-28(19(29)5-3-4-9-24-2)12-18(16)30-22(20)26-13-25-21/h3,5-7,11,13,24H,4,8-10,12H2,1-2H3,(H,25,26,27)/b5-3+. The Balaban J connectivity index is 1.58. The fourth-order valence-corrected chi connectivity index (χ4v) is 4.79. The van der Waals surface area contributed by atoms with Crippen LogP contribution in [0.15, 0.2) is 36.7 Å². The van der Waals surface area contributed by atoms with E-state index in [0.717, 1.165) is 46.0 Å². The molecule has 0 bridgehead atoms. The van der Waals surface area contributed by atoms with E-state index in [0.29, 0.717) is 18.7 Å². The van der Waals surface area contributed by atoms with Crippen LogP contribution in [0.5, 0.6) is 0 Å². The maximum atomic E-state index is 13.6. The van der Waals surface area contributed by atoms with E-state index < -0.39 is 0 Å². The first-order chi connectivity index (χ1) is 14.6. The zero-order valence-corrected chi connectivity index (χ0v) is 17.9. The van der Waals surface area contributed by atoms with Gasteiger partial charge in [-0.25, -0.2) is 14.4 Å². The summed E-state index contributed by atoms with van der Waals surface area (Å²) in [6.07, 6.45) is 6.71. The minimum Gasteiger partial charge on any atom is -0.340 e. The molecule has 8 heteroatoms. The topological polar surface area (TPSA) is 70.2 Å². The van der Waals surface area contributed by atoms with Crippen molar-refractivity contribution < 1.29 is 9.18 Å². The molecule has 1 aliphatic rings. The number of amides is 1. The largest absolute Gasteiger partial charge is 0.340 e. The van der Waals surface area contributed by atoms with E-state index >= 15 is 0 Å². The number of rotatable bonds is 6. The quantitative estimate of drug-likeness (QED) is 0.463. The van der Waals surface area contributed by atoms with E-state index in [1.807, 2.05) is 18.0 Å². The van der Waals surface area contributed by atoms with Gasteiger partial charge < -0.3 is 15.5 Å². The van der Waals surface area contributed by atoms with Crippen LogP contribution in [0.2, 0.25) is 0 Å². The molecule has 3 heterocycles. The monoisotopic (exact) mass is 425 g/mol.